The smallest absolute Gasteiger partial charge is 0.147 e. The largest absolute Gasteiger partial charge is 0.147 e. The van der Waals surface area contributed by atoms with Gasteiger partial charge in [0.05, 0.1) is 0 Å². The van der Waals surface area contributed by atoms with E-state index in [1.165, 1.54) is 33.4 Å². The van der Waals surface area contributed by atoms with Crippen molar-refractivity contribution in [2.24, 2.45) is 5.92 Å². The van der Waals surface area contributed by atoms with Gasteiger partial charge in [-0.05, 0) is 0 Å². The van der Waals surface area contributed by atoms with E-state index >= 15 is 0 Å². The van der Waals surface area contributed by atoms with E-state index in [0.29, 0.717) is 9.54 Å². The van der Waals surface area contributed by atoms with Crippen LogP contribution < -0.4 is 0 Å². The van der Waals surface area contributed by atoms with Crippen molar-refractivity contribution in [3.05, 3.63) is 96.4 Å². The number of benzene rings is 2. The normalized spacial score (nSPS) is 20.6. The minimum absolute atomic E-state index is 0. The molecule has 0 amide bonds. The minimum Gasteiger partial charge on any atom is -0.147 e. The summed E-state index contributed by atoms with van der Waals surface area (Å²) in [5.74, 6) is 0.592. The molecule has 2 aliphatic rings. The molecule has 0 radical (unpaired) electrons. The summed E-state index contributed by atoms with van der Waals surface area (Å²) in [5, 5.41) is 0. The Labute approximate surface area is 210 Å². The molecule has 172 valence electrons. The maximum atomic E-state index is 2.70. The fourth-order valence-corrected chi connectivity index (χ4v) is 24.7. The first kappa shape index (κ1) is 27.6. The van der Waals surface area contributed by atoms with Crippen LogP contribution in [0.15, 0.2) is 68.5 Å². The van der Waals surface area contributed by atoms with Crippen molar-refractivity contribution in [2.45, 2.75) is 54.4 Å². The van der Waals surface area contributed by atoms with E-state index in [-0.39, 0.29) is 24.8 Å². The Morgan fingerprint density at radius 2 is 1.44 bits per heavy atom. The predicted octanol–water partition coefficient (Wildman–Crippen LogP) is 8.23. The summed E-state index contributed by atoms with van der Waals surface area (Å²) in [6.45, 7) is 16.4. The van der Waals surface area contributed by atoms with E-state index in [4.69, 9.17) is 0 Å². The van der Waals surface area contributed by atoms with Crippen molar-refractivity contribution >= 4 is 37.3 Å². The summed E-state index contributed by atoms with van der Waals surface area (Å²) in [6, 6.07) is 16.2. The third-order valence-electron chi connectivity index (χ3n) is 8.26. The van der Waals surface area contributed by atoms with E-state index < -0.39 is 17.4 Å². The van der Waals surface area contributed by atoms with Crippen LogP contribution in [0.4, 0.5) is 0 Å². The third-order valence-corrected chi connectivity index (χ3v) is 25.5. The molecule has 0 fully saturated rings. The van der Waals surface area contributed by atoms with Crippen LogP contribution in [-0.4, -0.2) is 6.88 Å². The third kappa shape index (κ3) is 4.15. The zero-order valence-electron chi connectivity index (χ0n) is 20.8. The van der Waals surface area contributed by atoms with E-state index in [2.05, 4.69) is 106 Å². The Morgan fingerprint density at radius 3 is 2.00 bits per heavy atom. The number of hydrogen-bond donors (Lipinski definition) is 0. The Hall–Kier alpha value is -0.660. The first-order chi connectivity index (χ1) is 13.9. The summed E-state index contributed by atoms with van der Waals surface area (Å²) in [4.78, 5) is 0. The second-order valence-electron chi connectivity index (χ2n) is 10.8. The Kier molecular flexibility index (Phi) is 7.91. The number of allylic oxidation sites excluding steroid dienone is 5. The number of aryl methyl sites for hydroxylation is 2. The fraction of sp³-hybridized carbons (Fsp3) is 0.357. The van der Waals surface area contributed by atoms with Gasteiger partial charge in [0.1, 0.15) is 0 Å². The summed E-state index contributed by atoms with van der Waals surface area (Å²) in [5.41, 5.74) is 13.3. The zero-order chi connectivity index (χ0) is 22.0. The average Bonchev–Trinajstić information content (AvgIpc) is 3.17. The van der Waals surface area contributed by atoms with Crippen molar-refractivity contribution in [1.82, 2.24) is 0 Å². The molecule has 0 N–H and O–H groups in total. The van der Waals surface area contributed by atoms with E-state index in [1.807, 2.05) is 3.28 Å². The van der Waals surface area contributed by atoms with Crippen LogP contribution in [0.25, 0.3) is 5.57 Å². The van der Waals surface area contributed by atoms with Crippen LogP contribution in [0.2, 0.25) is 9.26 Å². The van der Waals surface area contributed by atoms with Crippen molar-refractivity contribution in [3.8, 4) is 0 Å². The maximum absolute atomic E-state index is 3.32. The van der Waals surface area contributed by atoms with E-state index in [9.17, 15) is 0 Å². The molecule has 0 saturated carbocycles. The van der Waals surface area contributed by atoms with Crippen LogP contribution in [0.1, 0.15) is 59.1 Å². The molecule has 4 rings (SSSR count). The molecule has 0 aromatic heterocycles. The fourth-order valence-electron chi connectivity index (χ4n) is 6.14. The van der Waals surface area contributed by atoms with Crippen molar-refractivity contribution < 1.29 is 17.4 Å². The van der Waals surface area contributed by atoms with Gasteiger partial charge in [-0.3, -0.25) is 0 Å². The molecule has 4 heteroatoms. The van der Waals surface area contributed by atoms with Crippen LogP contribution in [0.5, 0.6) is 0 Å². The first-order valence-electron chi connectivity index (χ1n) is 11.3. The summed E-state index contributed by atoms with van der Waals surface area (Å²) >= 11 is -3.32. The molecule has 2 atom stereocenters. The molecule has 0 bridgehead atoms. The average molecular weight is 565 g/mol. The van der Waals surface area contributed by atoms with Gasteiger partial charge in [-0.2, -0.15) is 0 Å². The first-order valence-corrected chi connectivity index (χ1v) is 24.8. The van der Waals surface area contributed by atoms with Gasteiger partial charge in [-0.15, -0.1) is 24.8 Å². The molecule has 2 unspecified atom stereocenters. The number of halogens is 2. The number of hydrogen-bond acceptors (Lipinski definition) is 0. The second kappa shape index (κ2) is 9.18. The number of rotatable bonds is 3. The summed E-state index contributed by atoms with van der Waals surface area (Å²) in [7, 11) is 0. The van der Waals surface area contributed by atoms with Gasteiger partial charge in [0.25, 0.3) is 0 Å². The van der Waals surface area contributed by atoms with Gasteiger partial charge in [0, 0.05) is 0 Å². The van der Waals surface area contributed by atoms with Crippen molar-refractivity contribution in [2.75, 3.05) is 0 Å². The van der Waals surface area contributed by atoms with Crippen LogP contribution in [-0.2, 0) is 17.4 Å². The maximum Gasteiger partial charge on any atom is -0.147 e. The minimum atomic E-state index is -3.32. The van der Waals surface area contributed by atoms with Crippen molar-refractivity contribution in [3.63, 3.8) is 0 Å². The van der Waals surface area contributed by atoms with E-state index in [0.717, 1.165) is 0 Å². The molecule has 32 heavy (non-hydrogen) atoms. The molecule has 0 heterocycles. The quantitative estimate of drug-likeness (QED) is 0.330. The molecule has 0 spiro atoms. The topological polar surface area (TPSA) is 0 Å². The predicted molar refractivity (Wildman–Crippen MR) is 147 cm³/mol. The standard InChI is InChI=1S/C17H15.C9H13.2CH3.2ClH.H2Si.Zr/c1-12-7-8-15(11-13(12)2)17-10-9-14-5-3-4-6-16(14)17;1-6-5-7(2)9(4)8(6)3;;;;;;/h3-11H,1-2H3;6H,1-4H3;2*1H3;2*1H;1H2;. The van der Waals surface area contributed by atoms with Crippen LogP contribution in [0, 0.1) is 19.8 Å². The Bertz CT molecular complexity index is 1240. The Morgan fingerprint density at radius 1 is 0.812 bits per heavy atom. The van der Waals surface area contributed by atoms with Gasteiger partial charge in [-0.25, -0.2) is 0 Å². The summed E-state index contributed by atoms with van der Waals surface area (Å²) in [6.07, 6.45) is 2.66. The number of fused-ring (bicyclic) bond motifs is 1. The molecule has 0 saturated heterocycles. The summed E-state index contributed by atoms with van der Waals surface area (Å²) < 4.78 is 7.77. The van der Waals surface area contributed by atoms with Gasteiger partial charge in [0.15, 0.2) is 0 Å². The van der Waals surface area contributed by atoms with Gasteiger partial charge in [-0.1, -0.05) is 0 Å². The molecular weight excluding hydrogens is 527 g/mol. The van der Waals surface area contributed by atoms with Crippen LogP contribution in [0.3, 0.4) is 0 Å². The van der Waals surface area contributed by atoms with Crippen molar-refractivity contribution in [1.29, 1.82) is 0 Å². The van der Waals surface area contributed by atoms with Gasteiger partial charge < -0.3 is 0 Å². The second-order valence-corrected chi connectivity index (χ2v) is 40.4. The Balaban J connectivity index is 0.00000181. The van der Waals surface area contributed by atoms with Gasteiger partial charge >= 0.3 is 187 Å². The monoisotopic (exact) mass is 562 g/mol. The van der Waals surface area contributed by atoms with E-state index in [1.54, 1.807) is 16.7 Å². The molecule has 2 aliphatic carbocycles. The molecular formula is C28H38Cl2SiZr. The molecule has 2 aromatic rings. The zero-order valence-corrected chi connectivity index (χ0v) is 26.3. The molecule has 2 aromatic carbocycles. The SMILES string of the molecule is CC1=C(C)C(C)[C]([Zr]([CH3])([CH3])(=[SiH2])[CH]2C=C(c3ccc(C)c(C)c3)c3ccccc32)=C1C.Cl.Cl. The molecule has 0 aliphatic heterocycles. The van der Waals surface area contributed by atoms with Gasteiger partial charge in [0.2, 0.25) is 0 Å². The van der Waals surface area contributed by atoms with Crippen LogP contribution >= 0.6 is 24.8 Å². The molecule has 0 nitrogen and oxygen atoms in total.